The molecule has 0 fully saturated rings. The molecular weight excluding hydrogens is 276 g/mol. The van der Waals surface area contributed by atoms with Crippen molar-refractivity contribution in [3.05, 3.63) is 30.0 Å². The summed E-state index contributed by atoms with van der Waals surface area (Å²) < 4.78 is 28.2. The highest BCUT2D eigenvalue weighted by molar-refractivity contribution is 7.87. The van der Waals surface area contributed by atoms with E-state index in [9.17, 15) is 8.42 Å². The van der Waals surface area contributed by atoms with Gasteiger partial charge in [0.25, 0.3) is 10.2 Å². The second-order valence-corrected chi connectivity index (χ2v) is 6.71. The third-order valence-corrected chi connectivity index (χ3v) is 5.18. The Morgan fingerprint density at radius 3 is 2.90 bits per heavy atom. The van der Waals surface area contributed by atoms with Crippen LogP contribution in [0.1, 0.15) is 25.8 Å². The Kier molecular flexibility index (Phi) is 4.42. The fraction of sp³-hybridized carbons (Fsp3) is 0.462. The Labute approximate surface area is 119 Å². The van der Waals surface area contributed by atoms with Crippen LogP contribution in [0.25, 0.3) is 10.9 Å². The first kappa shape index (κ1) is 15.0. The quantitative estimate of drug-likeness (QED) is 0.850. The van der Waals surface area contributed by atoms with Crippen LogP contribution in [0.15, 0.2) is 24.4 Å². The zero-order valence-corrected chi connectivity index (χ0v) is 12.7. The molecule has 0 saturated heterocycles. The zero-order valence-electron chi connectivity index (χ0n) is 11.9. The Morgan fingerprint density at radius 1 is 1.45 bits per heavy atom. The highest BCUT2D eigenvalue weighted by atomic mass is 32.2. The number of hydrogen-bond acceptors (Lipinski definition) is 3. The highest BCUT2D eigenvalue weighted by Crippen LogP contribution is 2.13. The number of benzene rings is 1. The minimum Gasteiger partial charge on any atom is -0.278 e. The summed E-state index contributed by atoms with van der Waals surface area (Å²) >= 11 is 0. The molecular formula is C13H20N4O2S. The average molecular weight is 296 g/mol. The molecule has 7 heteroatoms. The molecule has 110 valence electrons. The highest BCUT2D eigenvalue weighted by Gasteiger charge is 2.21. The van der Waals surface area contributed by atoms with Crippen molar-refractivity contribution in [3.63, 3.8) is 0 Å². The fourth-order valence-corrected chi connectivity index (χ4v) is 3.04. The van der Waals surface area contributed by atoms with E-state index in [0.717, 1.165) is 22.9 Å². The maximum absolute atomic E-state index is 12.1. The molecule has 0 spiro atoms. The molecule has 0 aliphatic carbocycles. The van der Waals surface area contributed by atoms with Crippen molar-refractivity contribution in [2.75, 3.05) is 7.05 Å². The third-order valence-electron chi connectivity index (χ3n) is 3.56. The molecule has 0 saturated carbocycles. The van der Waals surface area contributed by atoms with Gasteiger partial charge in [0.1, 0.15) is 0 Å². The van der Waals surface area contributed by atoms with Gasteiger partial charge in [0.05, 0.1) is 11.7 Å². The molecule has 0 bridgehead atoms. The molecule has 6 nitrogen and oxygen atoms in total. The number of H-pyrrole nitrogens is 1. The van der Waals surface area contributed by atoms with E-state index in [0.29, 0.717) is 0 Å². The number of fused-ring (bicyclic) bond motifs is 1. The molecule has 1 atom stereocenters. The van der Waals surface area contributed by atoms with E-state index in [-0.39, 0.29) is 12.6 Å². The van der Waals surface area contributed by atoms with E-state index in [4.69, 9.17) is 0 Å². The molecule has 1 unspecified atom stereocenters. The summed E-state index contributed by atoms with van der Waals surface area (Å²) in [4.78, 5) is 0. The van der Waals surface area contributed by atoms with Gasteiger partial charge >= 0.3 is 0 Å². The maximum atomic E-state index is 12.1. The Bertz CT molecular complexity index is 680. The van der Waals surface area contributed by atoms with E-state index in [1.165, 1.54) is 4.31 Å². The van der Waals surface area contributed by atoms with E-state index in [1.807, 2.05) is 32.0 Å². The molecule has 1 aromatic carbocycles. The second kappa shape index (κ2) is 5.90. The standard InChI is InChI=1S/C13H20N4O2S/c1-4-10(2)17(3)20(18,19)15-8-11-5-6-12-9-14-16-13(12)7-11/h5-7,9-10,15H,4,8H2,1-3H3,(H,14,16). The van der Waals surface area contributed by atoms with Gasteiger partial charge in [-0.15, -0.1) is 0 Å². The van der Waals surface area contributed by atoms with Crippen molar-refractivity contribution in [3.8, 4) is 0 Å². The Balaban J connectivity index is 2.07. The van der Waals surface area contributed by atoms with E-state index in [2.05, 4.69) is 14.9 Å². The van der Waals surface area contributed by atoms with E-state index in [1.54, 1.807) is 13.2 Å². The molecule has 20 heavy (non-hydrogen) atoms. The molecule has 0 radical (unpaired) electrons. The van der Waals surface area contributed by atoms with Crippen LogP contribution in [0.5, 0.6) is 0 Å². The number of rotatable bonds is 6. The van der Waals surface area contributed by atoms with Gasteiger partial charge in [-0.25, -0.2) is 0 Å². The lowest BCUT2D eigenvalue weighted by Crippen LogP contribution is -2.42. The van der Waals surface area contributed by atoms with Gasteiger partial charge in [-0.2, -0.15) is 22.5 Å². The molecule has 0 aliphatic heterocycles. The number of nitrogens with zero attached hydrogens (tertiary/aromatic N) is 2. The van der Waals surface area contributed by atoms with Crippen molar-refractivity contribution in [2.45, 2.75) is 32.9 Å². The molecule has 0 amide bonds. The predicted molar refractivity (Wildman–Crippen MR) is 79.4 cm³/mol. The Hall–Kier alpha value is -1.44. The smallest absolute Gasteiger partial charge is 0.278 e. The molecule has 0 aliphatic rings. The lowest BCUT2D eigenvalue weighted by molar-refractivity contribution is 0.374. The van der Waals surface area contributed by atoms with Crippen LogP contribution >= 0.6 is 0 Å². The van der Waals surface area contributed by atoms with E-state index < -0.39 is 10.2 Å². The van der Waals surface area contributed by atoms with Crippen molar-refractivity contribution in [1.82, 2.24) is 19.2 Å². The Morgan fingerprint density at radius 2 is 2.20 bits per heavy atom. The topological polar surface area (TPSA) is 78.1 Å². The first-order chi connectivity index (χ1) is 9.44. The van der Waals surface area contributed by atoms with Crippen LogP contribution in [-0.2, 0) is 16.8 Å². The number of aromatic amines is 1. The molecule has 1 heterocycles. The summed E-state index contributed by atoms with van der Waals surface area (Å²) in [5.74, 6) is 0. The zero-order chi connectivity index (χ0) is 14.8. The van der Waals surface area contributed by atoms with Crippen LogP contribution in [0, 0.1) is 0 Å². The summed E-state index contributed by atoms with van der Waals surface area (Å²) in [6, 6.07) is 5.68. The molecule has 1 aromatic heterocycles. The number of aromatic nitrogens is 2. The summed E-state index contributed by atoms with van der Waals surface area (Å²) in [5.41, 5.74) is 1.79. The predicted octanol–water partition coefficient (Wildman–Crippen LogP) is 1.63. The fourth-order valence-electron chi connectivity index (χ4n) is 1.86. The van der Waals surface area contributed by atoms with Gasteiger partial charge in [-0.3, -0.25) is 5.10 Å². The van der Waals surface area contributed by atoms with Gasteiger partial charge in [-0.1, -0.05) is 19.1 Å². The average Bonchev–Trinajstić information content (AvgIpc) is 2.91. The van der Waals surface area contributed by atoms with Gasteiger partial charge in [0.2, 0.25) is 0 Å². The molecule has 2 N–H and O–H groups in total. The lowest BCUT2D eigenvalue weighted by Gasteiger charge is -2.23. The van der Waals surface area contributed by atoms with Crippen molar-refractivity contribution in [1.29, 1.82) is 0 Å². The summed E-state index contributed by atoms with van der Waals surface area (Å²) in [6.07, 6.45) is 2.51. The van der Waals surface area contributed by atoms with Crippen LogP contribution in [0.2, 0.25) is 0 Å². The normalized spacial score (nSPS) is 14.0. The van der Waals surface area contributed by atoms with E-state index >= 15 is 0 Å². The maximum Gasteiger partial charge on any atom is 0.279 e. The van der Waals surface area contributed by atoms with Crippen LogP contribution in [0.4, 0.5) is 0 Å². The monoisotopic (exact) mass is 296 g/mol. The van der Waals surface area contributed by atoms with Gasteiger partial charge in [0.15, 0.2) is 0 Å². The van der Waals surface area contributed by atoms with Gasteiger partial charge in [0, 0.05) is 25.0 Å². The largest absolute Gasteiger partial charge is 0.279 e. The lowest BCUT2D eigenvalue weighted by atomic mass is 10.2. The van der Waals surface area contributed by atoms with Crippen molar-refractivity contribution >= 4 is 21.1 Å². The minimum absolute atomic E-state index is 0.0254. The summed E-state index contributed by atoms with van der Waals surface area (Å²) in [7, 11) is -1.86. The molecule has 2 aromatic rings. The number of hydrogen-bond donors (Lipinski definition) is 2. The van der Waals surface area contributed by atoms with Crippen LogP contribution < -0.4 is 4.72 Å². The van der Waals surface area contributed by atoms with Crippen molar-refractivity contribution in [2.24, 2.45) is 0 Å². The minimum atomic E-state index is -3.45. The van der Waals surface area contributed by atoms with Crippen LogP contribution in [-0.4, -0.2) is 36.0 Å². The van der Waals surface area contributed by atoms with Gasteiger partial charge < -0.3 is 0 Å². The van der Waals surface area contributed by atoms with Crippen LogP contribution in [0.3, 0.4) is 0 Å². The number of nitrogens with one attached hydrogen (secondary N) is 2. The SMILES string of the molecule is CCC(C)N(C)S(=O)(=O)NCc1ccc2cn[nH]c2c1. The first-order valence-electron chi connectivity index (χ1n) is 6.58. The summed E-state index contributed by atoms with van der Waals surface area (Å²) in [5, 5.41) is 7.82. The summed E-state index contributed by atoms with van der Waals surface area (Å²) in [6.45, 7) is 4.11. The molecule has 2 rings (SSSR count). The van der Waals surface area contributed by atoms with Gasteiger partial charge in [-0.05, 0) is 25.0 Å². The van der Waals surface area contributed by atoms with Crippen molar-refractivity contribution < 1.29 is 8.42 Å². The first-order valence-corrected chi connectivity index (χ1v) is 8.02. The second-order valence-electron chi connectivity index (χ2n) is 4.89. The third kappa shape index (κ3) is 3.17.